The van der Waals surface area contributed by atoms with Crippen LogP contribution in [0.4, 0.5) is 0 Å². The van der Waals surface area contributed by atoms with Gasteiger partial charge < -0.3 is 21.7 Å². The van der Waals surface area contributed by atoms with Gasteiger partial charge in [-0.2, -0.15) is 0 Å². The van der Waals surface area contributed by atoms with Crippen molar-refractivity contribution in [1.82, 2.24) is 10.2 Å². The lowest BCUT2D eigenvalue weighted by Gasteiger charge is -2.33. The maximum absolute atomic E-state index is 5.94. The smallest absolute Gasteiger partial charge is 0.0567 e. The number of hydrogen-bond donors (Lipinski definition) is 3. The van der Waals surface area contributed by atoms with Gasteiger partial charge in [-0.1, -0.05) is 13.2 Å². The van der Waals surface area contributed by atoms with Crippen LogP contribution < -0.4 is 16.8 Å². The van der Waals surface area contributed by atoms with Gasteiger partial charge in [-0.3, -0.25) is 0 Å². The molecule has 0 spiro atoms. The van der Waals surface area contributed by atoms with E-state index in [1.807, 2.05) is 0 Å². The molecule has 0 saturated carbocycles. The highest BCUT2D eigenvalue weighted by Crippen LogP contribution is 2.07. The number of rotatable bonds is 6. The summed E-state index contributed by atoms with van der Waals surface area (Å²) in [5, 5.41) is 3.06. The summed E-state index contributed by atoms with van der Waals surface area (Å²) < 4.78 is 0. The van der Waals surface area contributed by atoms with Crippen LogP contribution in [-0.2, 0) is 0 Å². The first-order valence-electron chi connectivity index (χ1n) is 4.93. The molecule has 1 atom stereocenters. The lowest BCUT2D eigenvalue weighted by atomic mass is 10.1. The molecule has 80 valence electrons. The van der Waals surface area contributed by atoms with E-state index >= 15 is 0 Å². The Kier molecular flexibility index (Phi) is 3.98. The zero-order valence-electron chi connectivity index (χ0n) is 8.63. The van der Waals surface area contributed by atoms with Crippen LogP contribution in [0.5, 0.6) is 0 Å². The number of nitrogens with two attached hydrogens (primary N) is 2. The molecular formula is C10H20N4. The van der Waals surface area contributed by atoms with Crippen molar-refractivity contribution >= 4 is 0 Å². The normalized spacial score (nSPS) is 18.4. The molecule has 1 heterocycles. The van der Waals surface area contributed by atoms with Gasteiger partial charge in [-0.25, -0.2) is 0 Å². The summed E-state index contributed by atoms with van der Waals surface area (Å²) in [6.07, 6.45) is 1.28. The molecule has 0 amide bonds. The van der Waals surface area contributed by atoms with Gasteiger partial charge in [0.05, 0.1) is 12.6 Å². The van der Waals surface area contributed by atoms with Gasteiger partial charge in [0.25, 0.3) is 0 Å². The molecule has 4 nitrogen and oxygen atoms in total. The summed E-state index contributed by atoms with van der Waals surface area (Å²) in [5.74, 6) is 0. The van der Waals surface area contributed by atoms with Crippen LogP contribution in [0.15, 0.2) is 24.6 Å². The second-order valence-corrected chi connectivity index (χ2v) is 3.80. The molecule has 0 aromatic heterocycles. The molecule has 1 fully saturated rings. The molecule has 1 aliphatic heterocycles. The summed E-state index contributed by atoms with van der Waals surface area (Å²) in [4.78, 5) is 2.31. The molecule has 14 heavy (non-hydrogen) atoms. The van der Waals surface area contributed by atoms with Gasteiger partial charge in [0.15, 0.2) is 0 Å². The Morgan fingerprint density at radius 2 is 2.07 bits per heavy atom. The van der Waals surface area contributed by atoms with Crippen LogP contribution in [0, 0.1) is 0 Å². The second-order valence-electron chi connectivity index (χ2n) is 3.80. The van der Waals surface area contributed by atoms with Gasteiger partial charge in [-0.15, -0.1) is 0 Å². The molecule has 1 saturated heterocycles. The summed E-state index contributed by atoms with van der Waals surface area (Å²) in [5.41, 5.74) is 12.8. The average Bonchev–Trinajstić information content (AvgIpc) is 2.06. The van der Waals surface area contributed by atoms with Gasteiger partial charge in [-0.05, 0) is 19.5 Å². The minimum absolute atomic E-state index is 0.0188. The lowest BCUT2D eigenvalue weighted by molar-refractivity contribution is 0.175. The van der Waals surface area contributed by atoms with E-state index in [4.69, 9.17) is 11.5 Å². The lowest BCUT2D eigenvalue weighted by Crippen LogP contribution is -2.47. The second kappa shape index (κ2) is 5.02. The molecule has 1 aliphatic rings. The minimum atomic E-state index is -0.0188. The van der Waals surface area contributed by atoms with Crippen molar-refractivity contribution in [3.63, 3.8) is 0 Å². The van der Waals surface area contributed by atoms with Crippen LogP contribution in [0.1, 0.15) is 6.42 Å². The largest absolute Gasteiger partial charge is 0.401 e. The van der Waals surface area contributed by atoms with Crippen molar-refractivity contribution in [3.8, 4) is 0 Å². The first-order chi connectivity index (χ1) is 6.59. The SMILES string of the molecule is C=C(N)CNC(=C)C(N)CN1CCC1. The van der Waals surface area contributed by atoms with Gasteiger partial charge in [0.2, 0.25) is 0 Å². The van der Waals surface area contributed by atoms with Crippen LogP contribution in [0.3, 0.4) is 0 Å². The Morgan fingerprint density at radius 3 is 2.50 bits per heavy atom. The van der Waals surface area contributed by atoms with E-state index < -0.39 is 0 Å². The number of nitrogens with one attached hydrogen (secondary N) is 1. The molecule has 1 unspecified atom stereocenters. The average molecular weight is 196 g/mol. The Morgan fingerprint density at radius 1 is 1.43 bits per heavy atom. The van der Waals surface area contributed by atoms with Crippen LogP contribution in [0.25, 0.3) is 0 Å². The maximum Gasteiger partial charge on any atom is 0.0567 e. The van der Waals surface area contributed by atoms with E-state index in [1.54, 1.807) is 0 Å². The molecule has 0 aromatic carbocycles. The summed E-state index contributed by atoms with van der Waals surface area (Å²) in [7, 11) is 0. The first-order valence-corrected chi connectivity index (χ1v) is 4.93. The fourth-order valence-corrected chi connectivity index (χ4v) is 1.31. The van der Waals surface area contributed by atoms with E-state index in [2.05, 4.69) is 23.4 Å². The zero-order valence-corrected chi connectivity index (χ0v) is 8.63. The minimum Gasteiger partial charge on any atom is -0.401 e. The van der Waals surface area contributed by atoms with E-state index in [1.165, 1.54) is 6.42 Å². The first kappa shape index (κ1) is 11.1. The number of nitrogens with zero attached hydrogens (tertiary/aromatic N) is 1. The van der Waals surface area contributed by atoms with Gasteiger partial charge >= 0.3 is 0 Å². The molecule has 1 rings (SSSR count). The fraction of sp³-hybridized carbons (Fsp3) is 0.600. The van der Waals surface area contributed by atoms with E-state index in [-0.39, 0.29) is 6.04 Å². The summed E-state index contributed by atoms with van der Waals surface area (Å²) in [6.45, 7) is 11.2. The summed E-state index contributed by atoms with van der Waals surface area (Å²) in [6, 6.07) is -0.0188. The zero-order chi connectivity index (χ0) is 10.6. The Labute approximate surface area is 85.6 Å². The predicted molar refractivity (Wildman–Crippen MR) is 59.5 cm³/mol. The molecule has 4 heteroatoms. The Bertz CT molecular complexity index is 220. The van der Waals surface area contributed by atoms with E-state index in [9.17, 15) is 0 Å². The highest BCUT2D eigenvalue weighted by molar-refractivity contribution is 5.06. The topological polar surface area (TPSA) is 67.3 Å². The van der Waals surface area contributed by atoms with E-state index in [0.717, 1.165) is 25.3 Å². The highest BCUT2D eigenvalue weighted by atomic mass is 15.2. The molecular weight excluding hydrogens is 176 g/mol. The van der Waals surface area contributed by atoms with Crippen LogP contribution >= 0.6 is 0 Å². The molecule has 5 N–H and O–H groups in total. The van der Waals surface area contributed by atoms with Crippen molar-refractivity contribution in [2.24, 2.45) is 11.5 Å². The Balaban J connectivity index is 2.17. The van der Waals surface area contributed by atoms with Crippen molar-refractivity contribution in [2.75, 3.05) is 26.2 Å². The monoisotopic (exact) mass is 196 g/mol. The number of likely N-dealkylation sites (tertiary alicyclic amines) is 1. The molecule has 0 aromatic rings. The van der Waals surface area contributed by atoms with Crippen molar-refractivity contribution in [1.29, 1.82) is 0 Å². The van der Waals surface area contributed by atoms with Gasteiger partial charge in [0.1, 0.15) is 0 Å². The van der Waals surface area contributed by atoms with Crippen LogP contribution in [0.2, 0.25) is 0 Å². The van der Waals surface area contributed by atoms with Crippen molar-refractivity contribution in [2.45, 2.75) is 12.5 Å². The van der Waals surface area contributed by atoms with Crippen molar-refractivity contribution < 1.29 is 0 Å². The summed E-state index contributed by atoms with van der Waals surface area (Å²) >= 11 is 0. The van der Waals surface area contributed by atoms with Gasteiger partial charge in [0, 0.05) is 17.9 Å². The molecule has 0 radical (unpaired) electrons. The van der Waals surface area contributed by atoms with Crippen LogP contribution in [-0.4, -0.2) is 37.1 Å². The highest BCUT2D eigenvalue weighted by Gasteiger charge is 2.17. The standard InChI is InChI=1S/C10H20N4/c1-8(11)6-13-9(2)10(12)7-14-4-3-5-14/h10,13H,1-7,11-12H2. The van der Waals surface area contributed by atoms with E-state index in [0.29, 0.717) is 12.2 Å². The maximum atomic E-state index is 5.94. The quantitative estimate of drug-likeness (QED) is 0.540. The fourth-order valence-electron chi connectivity index (χ4n) is 1.31. The Hall–Kier alpha value is -1.00. The van der Waals surface area contributed by atoms with Crippen molar-refractivity contribution in [3.05, 3.63) is 24.6 Å². The predicted octanol–water partition coefficient (Wildman–Crippen LogP) is -0.405. The third-order valence-corrected chi connectivity index (χ3v) is 2.39. The molecule has 0 aliphatic carbocycles. The molecule has 0 bridgehead atoms. The third-order valence-electron chi connectivity index (χ3n) is 2.39. The third kappa shape index (κ3) is 3.40. The number of hydrogen-bond acceptors (Lipinski definition) is 4.